The zero-order valence-corrected chi connectivity index (χ0v) is 16.8. The van der Waals surface area contributed by atoms with Crippen LogP contribution in [-0.2, 0) is 0 Å². The molecule has 144 valence electrons. The summed E-state index contributed by atoms with van der Waals surface area (Å²) in [5, 5.41) is 9.73. The lowest BCUT2D eigenvalue weighted by molar-refractivity contribution is 0.414. The first-order valence-corrected chi connectivity index (χ1v) is 10.2. The van der Waals surface area contributed by atoms with Crippen molar-refractivity contribution >= 4 is 17.8 Å². The lowest BCUT2D eigenvalue weighted by Crippen LogP contribution is -2.00. The predicted octanol–water partition coefficient (Wildman–Crippen LogP) is 5.14. The first-order valence-electron chi connectivity index (χ1n) is 9.20. The average Bonchev–Trinajstić information content (AvgIpc) is 3.22. The Morgan fingerprint density at radius 2 is 1.69 bits per heavy atom. The highest BCUT2D eigenvalue weighted by atomic mass is 32.2. The second-order valence-corrected chi connectivity index (χ2v) is 7.19. The SMILES string of the molecule is COc1ccc(-n2c(SC/C=C\c3ccccc3)nnc2-c2ccncc2)cc1. The second-order valence-electron chi connectivity index (χ2n) is 6.20. The molecule has 0 aliphatic heterocycles. The number of rotatable bonds is 7. The largest absolute Gasteiger partial charge is 0.497 e. The van der Waals surface area contributed by atoms with Crippen LogP contribution in [0, 0.1) is 0 Å². The van der Waals surface area contributed by atoms with Gasteiger partial charge in [0.05, 0.1) is 7.11 Å². The van der Waals surface area contributed by atoms with Gasteiger partial charge < -0.3 is 4.74 Å². The van der Waals surface area contributed by atoms with Crippen molar-refractivity contribution in [2.24, 2.45) is 0 Å². The zero-order valence-electron chi connectivity index (χ0n) is 16.0. The minimum absolute atomic E-state index is 0.784. The van der Waals surface area contributed by atoms with Crippen molar-refractivity contribution in [3.05, 3.63) is 90.8 Å². The summed E-state index contributed by atoms with van der Waals surface area (Å²) in [6.07, 6.45) is 7.78. The molecule has 0 bridgehead atoms. The van der Waals surface area contributed by atoms with Crippen molar-refractivity contribution in [3.63, 3.8) is 0 Å². The van der Waals surface area contributed by atoms with E-state index in [1.165, 1.54) is 5.56 Å². The monoisotopic (exact) mass is 400 g/mol. The van der Waals surface area contributed by atoms with Gasteiger partial charge in [0.25, 0.3) is 0 Å². The van der Waals surface area contributed by atoms with Gasteiger partial charge in [-0.3, -0.25) is 9.55 Å². The quantitative estimate of drug-likeness (QED) is 0.402. The van der Waals surface area contributed by atoms with Crippen molar-refractivity contribution < 1.29 is 4.74 Å². The molecule has 0 saturated heterocycles. The molecule has 4 rings (SSSR count). The third kappa shape index (κ3) is 4.55. The molecular formula is C23H20N4OS. The third-order valence-corrected chi connectivity index (χ3v) is 5.20. The number of nitrogens with zero attached hydrogens (tertiary/aromatic N) is 4. The van der Waals surface area contributed by atoms with E-state index in [9.17, 15) is 0 Å². The minimum Gasteiger partial charge on any atom is -0.497 e. The van der Waals surface area contributed by atoms with Crippen molar-refractivity contribution in [2.45, 2.75) is 5.16 Å². The Balaban J connectivity index is 1.62. The molecule has 0 amide bonds. The van der Waals surface area contributed by atoms with Crippen molar-refractivity contribution in [1.29, 1.82) is 0 Å². The predicted molar refractivity (Wildman–Crippen MR) is 117 cm³/mol. The average molecular weight is 401 g/mol. The van der Waals surface area contributed by atoms with Crippen molar-refractivity contribution in [1.82, 2.24) is 19.7 Å². The molecule has 0 aliphatic carbocycles. The molecule has 0 spiro atoms. The lowest BCUT2D eigenvalue weighted by atomic mass is 10.2. The normalized spacial score (nSPS) is 11.1. The van der Waals surface area contributed by atoms with Crippen molar-refractivity contribution in [3.8, 4) is 22.8 Å². The summed E-state index contributed by atoms with van der Waals surface area (Å²) < 4.78 is 7.36. The van der Waals surface area contributed by atoms with Crippen molar-refractivity contribution in [2.75, 3.05) is 12.9 Å². The summed E-state index contributed by atoms with van der Waals surface area (Å²) >= 11 is 1.64. The first kappa shape index (κ1) is 19.0. The summed E-state index contributed by atoms with van der Waals surface area (Å²) in [7, 11) is 1.66. The van der Waals surface area contributed by atoms with E-state index in [1.54, 1.807) is 31.3 Å². The van der Waals surface area contributed by atoms with Gasteiger partial charge in [-0.2, -0.15) is 0 Å². The van der Waals surface area contributed by atoms with E-state index in [0.29, 0.717) is 0 Å². The van der Waals surface area contributed by atoms with Gasteiger partial charge >= 0.3 is 0 Å². The maximum Gasteiger partial charge on any atom is 0.196 e. The molecule has 0 N–H and O–H groups in total. The van der Waals surface area contributed by atoms with Crippen LogP contribution in [0.1, 0.15) is 5.56 Å². The number of hydrogen-bond donors (Lipinski definition) is 0. The van der Waals surface area contributed by atoms with E-state index in [1.807, 2.05) is 54.6 Å². The van der Waals surface area contributed by atoms with Gasteiger partial charge in [0, 0.05) is 29.4 Å². The Bertz CT molecular complexity index is 1080. The summed E-state index contributed by atoms with van der Waals surface area (Å²) in [5.74, 6) is 2.39. The molecule has 0 atom stereocenters. The highest BCUT2D eigenvalue weighted by Crippen LogP contribution is 2.28. The summed E-state index contributed by atoms with van der Waals surface area (Å²) in [6.45, 7) is 0. The lowest BCUT2D eigenvalue weighted by Gasteiger charge is -2.10. The van der Waals surface area contributed by atoms with Crippen LogP contribution in [0.4, 0.5) is 0 Å². The number of benzene rings is 2. The molecule has 2 aromatic heterocycles. The molecule has 2 heterocycles. The van der Waals surface area contributed by atoms with Crippen LogP contribution in [0.2, 0.25) is 0 Å². The Hall–Kier alpha value is -3.38. The fourth-order valence-corrected chi connectivity index (χ4v) is 3.65. The number of methoxy groups -OCH3 is 1. The summed E-state index contributed by atoms with van der Waals surface area (Å²) in [5.41, 5.74) is 3.13. The topological polar surface area (TPSA) is 52.8 Å². The smallest absolute Gasteiger partial charge is 0.196 e. The molecule has 0 unspecified atom stereocenters. The van der Waals surface area contributed by atoms with Gasteiger partial charge in [0.2, 0.25) is 0 Å². The van der Waals surface area contributed by atoms with Gasteiger partial charge in [0.15, 0.2) is 11.0 Å². The molecule has 0 aliphatic rings. The van der Waals surface area contributed by atoms with Crippen LogP contribution < -0.4 is 4.74 Å². The van der Waals surface area contributed by atoms with Gasteiger partial charge in [-0.25, -0.2) is 0 Å². The van der Waals surface area contributed by atoms with E-state index < -0.39 is 0 Å². The Kier molecular flexibility index (Phi) is 6.02. The highest BCUT2D eigenvalue weighted by molar-refractivity contribution is 7.99. The van der Waals surface area contributed by atoms with E-state index in [4.69, 9.17) is 4.74 Å². The fourth-order valence-electron chi connectivity index (χ4n) is 2.89. The molecular weight excluding hydrogens is 380 g/mol. The molecule has 4 aromatic rings. The molecule has 0 radical (unpaired) electrons. The molecule has 29 heavy (non-hydrogen) atoms. The number of thioether (sulfide) groups is 1. The zero-order chi connectivity index (χ0) is 19.9. The van der Waals surface area contributed by atoms with Crippen LogP contribution in [-0.4, -0.2) is 32.6 Å². The van der Waals surface area contributed by atoms with E-state index >= 15 is 0 Å². The van der Waals surface area contributed by atoms with Gasteiger partial charge in [-0.05, 0) is 42.0 Å². The first-order chi connectivity index (χ1) is 14.3. The van der Waals surface area contributed by atoms with E-state index in [-0.39, 0.29) is 0 Å². The maximum atomic E-state index is 5.29. The third-order valence-electron chi connectivity index (χ3n) is 4.32. The van der Waals surface area contributed by atoms with Crippen LogP contribution in [0.25, 0.3) is 23.2 Å². The van der Waals surface area contributed by atoms with E-state index in [2.05, 4.69) is 44.0 Å². The van der Waals surface area contributed by atoms with E-state index in [0.717, 1.165) is 33.7 Å². The Labute approximate surface area is 174 Å². The number of pyridine rings is 1. The number of aromatic nitrogens is 4. The molecule has 6 heteroatoms. The van der Waals surface area contributed by atoms with Gasteiger partial charge in [-0.1, -0.05) is 54.2 Å². The van der Waals surface area contributed by atoms with Crippen LogP contribution in [0.15, 0.2) is 90.4 Å². The Morgan fingerprint density at radius 1 is 0.931 bits per heavy atom. The minimum atomic E-state index is 0.784. The summed E-state index contributed by atoms with van der Waals surface area (Å²) in [4.78, 5) is 4.10. The molecule has 0 saturated carbocycles. The van der Waals surface area contributed by atoms with Crippen LogP contribution >= 0.6 is 11.8 Å². The second kappa shape index (κ2) is 9.21. The van der Waals surface area contributed by atoms with Crippen LogP contribution in [0.5, 0.6) is 5.75 Å². The Morgan fingerprint density at radius 3 is 2.41 bits per heavy atom. The van der Waals surface area contributed by atoms with Crippen LogP contribution in [0.3, 0.4) is 0 Å². The molecule has 5 nitrogen and oxygen atoms in total. The maximum absolute atomic E-state index is 5.29. The number of hydrogen-bond acceptors (Lipinski definition) is 5. The standard InChI is InChI=1S/C23H20N4OS/c1-28-21-11-9-20(10-12-21)27-22(19-13-15-24-16-14-19)25-26-23(27)29-17-5-8-18-6-3-2-4-7-18/h2-16H,17H2,1H3/b8-5-. The molecule has 2 aromatic carbocycles. The number of ether oxygens (including phenoxy) is 1. The summed E-state index contributed by atoms with van der Waals surface area (Å²) in [6, 6.07) is 22.0. The highest BCUT2D eigenvalue weighted by Gasteiger charge is 2.15. The van der Waals surface area contributed by atoms with Gasteiger partial charge in [-0.15, -0.1) is 10.2 Å². The molecule has 0 fully saturated rings. The fraction of sp³-hybridized carbons (Fsp3) is 0.0870. The van der Waals surface area contributed by atoms with Gasteiger partial charge in [0.1, 0.15) is 5.75 Å².